The van der Waals surface area contributed by atoms with Gasteiger partial charge in [-0.1, -0.05) is 39.0 Å². The van der Waals surface area contributed by atoms with E-state index in [1.54, 1.807) is 0 Å². The number of fused-ring (bicyclic) bond motifs is 1. The molecule has 2 fully saturated rings. The van der Waals surface area contributed by atoms with Gasteiger partial charge >= 0.3 is 5.97 Å². The molecule has 0 amide bonds. The van der Waals surface area contributed by atoms with Gasteiger partial charge in [0.15, 0.2) is 0 Å². The highest BCUT2D eigenvalue weighted by atomic mass is 16.5. The first kappa shape index (κ1) is 20.2. The second kappa shape index (κ2) is 7.98. The summed E-state index contributed by atoms with van der Waals surface area (Å²) >= 11 is 0. The minimum Gasteiger partial charge on any atom is -0.490 e. The van der Waals surface area contributed by atoms with Crippen LogP contribution in [0.25, 0.3) is 10.8 Å². The Kier molecular flexibility index (Phi) is 5.56. The summed E-state index contributed by atoms with van der Waals surface area (Å²) in [4.78, 5) is 13.1. The van der Waals surface area contributed by atoms with Crippen molar-refractivity contribution in [1.29, 1.82) is 0 Å². The molecule has 4 rings (SSSR count). The lowest BCUT2D eigenvalue weighted by molar-refractivity contribution is -0.147. The molecule has 1 saturated heterocycles. The Morgan fingerprint density at radius 3 is 2.34 bits per heavy atom. The third-order valence-corrected chi connectivity index (χ3v) is 6.79. The van der Waals surface area contributed by atoms with Gasteiger partial charge in [0.1, 0.15) is 5.75 Å². The van der Waals surface area contributed by atoms with Crippen LogP contribution in [0.2, 0.25) is 0 Å². The number of ether oxygens (including phenoxy) is 1. The van der Waals surface area contributed by atoms with E-state index in [1.807, 2.05) is 0 Å². The fourth-order valence-electron chi connectivity index (χ4n) is 4.80. The largest absolute Gasteiger partial charge is 0.490 e. The summed E-state index contributed by atoms with van der Waals surface area (Å²) in [6.45, 7) is 9.17. The molecule has 0 bridgehead atoms. The zero-order valence-corrected chi connectivity index (χ0v) is 17.9. The van der Waals surface area contributed by atoms with E-state index in [1.165, 1.54) is 29.2 Å². The highest BCUT2D eigenvalue weighted by Crippen LogP contribution is 2.39. The van der Waals surface area contributed by atoms with Crippen LogP contribution in [0.4, 0.5) is 0 Å². The lowest BCUT2D eigenvalue weighted by atomic mass is 9.72. The quantitative estimate of drug-likeness (QED) is 0.742. The fourth-order valence-corrected chi connectivity index (χ4v) is 4.80. The van der Waals surface area contributed by atoms with Gasteiger partial charge in [0, 0.05) is 19.6 Å². The van der Waals surface area contributed by atoms with E-state index >= 15 is 0 Å². The van der Waals surface area contributed by atoms with Crippen LogP contribution in [0.3, 0.4) is 0 Å². The normalized spacial score (nSPS) is 23.7. The van der Waals surface area contributed by atoms with Crippen LogP contribution in [0.1, 0.15) is 52.0 Å². The minimum absolute atomic E-state index is 0.200. The molecule has 2 aromatic rings. The molecular formula is C25H33NO3. The summed E-state index contributed by atoms with van der Waals surface area (Å²) in [5, 5.41) is 11.4. The van der Waals surface area contributed by atoms with Crippen LogP contribution in [0, 0.1) is 17.3 Å². The lowest BCUT2D eigenvalue weighted by Crippen LogP contribution is -2.49. The molecule has 4 heteroatoms. The number of nitrogens with zero attached hydrogens (tertiary/aromatic N) is 1. The van der Waals surface area contributed by atoms with Gasteiger partial charge in [0.05, 0.1) is 12.0 Å². The summed E-state index contributed by atoms with van der Waals surface area (Å²) in [5.74, 6) is 0.888. The molecule has 1 N–H and O–H groups in total. The number of aliphatic carboxylic acids is 1. The van der Waals surface area contributed by atoms with E-state index in [9.17, 15) is 4.79 Å². The molecule has 0 spiro atoms. The summed E-state index contributed by atoms with van der Waals surface area (Å²) in [7, 11) is 0. The van der Waals surface area contributed by atoms with Gasteiger partial charge in [-0.25, -0.2) is 0 Å². The van der Waals surface area contributed by atoms with Gasteiger partial charge in [-0.05, 0) is 71.6 Å². The molecule has 1 heterocycles. The van der Waals surface area contributed by atoms with Gasteiger partial charge in [0.25, 0.3) is 0 Å². The van der Waals surface area contributed by atoms with E-state index in [0.29, 0.717) is 24.6 Å². The summed E-state index contributed by atoms with van der Waals surface area (Å²) in [6, 6.07) is 12.9. The van der Waals surface area contributed by atoms with Crippen LogP contribution in [0.5, 0.6) is 5.75 Å². The molecule has 2 aliphatic rings. The van der Waals surface area contributed by atoms with Crippen molar-refractivity contribution >= 4 is 16.7 Å². The minimum atomic E-state index is -0.681. The second-order valence-electron chi connectivity index (χ2n) is 10.0. The average molecular weight is 396 g/mol. The van der Waals surface area contributed by atoms with Gasteiger partial charge in [0.2, 0.25) is 0 Å². The third kappa shape index (κ3) is 4.75. The molecule has 156 valence electrons. The number of benzene rings is 2. The first-order valence-corrected chi connectivity index (χ1v) is 10.9. The van der Waals surface area contributed by atoms with Gasteiger partial charge < -0.3 is 9.84 Å². The summed E-state index contributed by atoms with van der Waals surface area (Å²) in [5.41, 5.74) is 1.63. The predicted molar refractivity (Wildman–Crippen MR) is 116 cm³/mol. The molecule has 2 aromatic carbocycles. The third-order valence-electron chi connectivity index (χ3n) is 6.79. The smallest absolute Gasteiger partial charge is 0.309 e. The number of carbonyl (C=O) groups is 1. The maximum absolute atomic E-state index is 11.0. The van der Waals surface area contributed by atoms with Crippen molar-refractivity contribution in [2.75, 3.05) is 13.1 Å². The SMILES string of the molecule is CC(C)(C)C1CCC(Oc2ccc3cc(CN4CC(C(=O)O)C4)ccc3c2)CC1. The number of rotatable bonds is 5. The zero-order chi connectivity index (χ0) is 20.6. The Morgan fingerprint density at radius 1 is 1.03 bits per heavy atom. The van der Waals surface area contributed by atoms with Crippen molar-refractivity contribution in [3.63, 3.8) is 0 Å². The Balaban J connectivity index is 1.35. The molecule has 0 aromatic heterocycles. The van der Waals surface area contributed by atoms with Crippen LogP contribution < -0.4 is 4.74 Å². The maximum atomic E-state index is 11.0. The topological polar surface area (TPSA) is 49.8 Å². The molecule has 0 atom stereocenters. The van der Waals surface area contributed by atoms with Crippen LogP contribution >= 0.6 is 0 Å². The molecule has 1 saturated carbocycles. The van der Waals surface area contributed by atoms with Crippen LogP contribution in [0.15, 0.2) is 36.4 Å². The molecule has 0 radical (unpaired) electrons. The zero-order valence-electron chi connectivity index (χ0n) is 17.9. The van der Waals surface area contributed by atoms with Gasteiger partial charge in [-0.2, -0.15) is 0 Å². The number of carboxylic acid groups (broad SMARTS) is 1. The van der Waals surface area contributed by atoms with Crippen molar-refractivity contribution in [3.8, 4) is 5.75 Å². The van der Waals surface area contributed by atoms with Crippen LogP contribution in [-0.2, 0) is 11.3 Å². The molecule has 29 heavy (non-hydrogen) atoms. The molecule has 4 nitrogen and oxygen atoms in total. The van der Waals surface area contributed by atoms with Gasteiger partial charge in [-0.15, -0.1) is 0 Å². The Hall–Kier alpha value is -2.07. The summed E-state index contributed by atoms with van der Waals surface area (Å²) < 4.78 is 6.32. The Morgan fingerprint density at radius 2 is 1.69 bits per heavy atom. The highest BCUT2D eigenvalue weighted by Gasteiger charge is 2.32. The van der Waals surface area contributed by atoms with E-state index < -0.39 is 5.97 Å². The van der Waals surface area contributed by atoms with Crippen molar-refractivity contribution in [3.05, 3.63) is 42.0 Å². The molecule has 1 aliphatic heterocycles. The first-order valence-electron chi connectivity index (χ1n) is 10.9. The summed E-state index contributed by atoms with van der Waals surface area (Å²) in [6.07, 6.45) is 5.13. The van der Waals surface area contributed by atoms with E-state index in [4.69, 9.17) is 9.84 Å². The number of carboxylic acids is 1. The number of hydrogen-bond donors (Lipinski definition) is 1. The van der Waals surface area contributed by atoms with Crippen molar-refractivity contribution < 1.29 is 14.6 Å². The lowest BCUT2D eigenvalue weighted by Gasteiger charge is -2.37. The van der Waals surface area contributed by atoms with E-state index in [0.717, 1.165) is 31.1 Å². The molecule has 0 unspecified atom stereocenters. The van der Waals surface area contributed by atoms with Crippen molar-refractivity contribution in [2.24, 2.45) is 17.3 Å². The molecular weight excluding hydrogens is 362 g/mol. The van der Waals surface area contributed by atoms with Crippen LogP contribution in [-0.4, -0.2) is 35.2 Å². The van der Waals surface area contributed by atoms with Crippen molar-refractivity contribution in [1.82, 2.24) is 4.90 Å². The van der Waals surface area contributed by atoms with E-state index in [2.05, 4.69) is 62.1 Å². The standard InChI is InChI=1S/C25H33NO3/c1-25(2,3)21-7-10-22(11-8-21)29-23-9-6-18-12-17(4-5-19(18)13-23)14-26-15-20(16-26)24(27)28/h4-6,9,12-13,20-22H,7-8,10-11,14-16H2,1-3H3,(H,27,28). The first-order chi connectivity index (χ1) is 13.8. The van der Waals surface area contributed by atoms with Crippen molar-refractivity contribution in [2.45, 2.75) is 59.1 Å². The number of likely N-dealkylation sites (tertiary alicyclic amines) is 1. The molecule has 1 aliphatic carbocycles. The highest BCUT2D eigenvalue weighted by molar-refractivity contribution is 5.84. The Labute approximate surface area is 173 Å². The second-order valence-corrected chi connectivity index (χ2v) is 10.0. The average Bonchev–Trinajstić information content (AvgIpc) is 2.63. The van der Waals surface area contributed by atoms with E-state index in [-0.39, 0.29) is 5.92 Å². The predicted octanol–water partition coefficient (Wildman–Crippen LogP) is 5.34. The maximum Gasteiger partial charge on any atom is 0.309 e. The Bertz CT molecular complexity index is 871. The van der Waals surface area contributed by atoms with Gasteiger partial charge in [-0.3, -0.25) is 9.69 Å². The monoisotopic (exact) mass is 395 g/mol. The fraction of sp³-hybridized carbons (Fsp3) is 0.560. The number of hydrogen-bond acceptors (Lipinski definition) is 3.